The summed E-state index contributed by atoms with van der Waals surface area (Å²) in [5.74, 6) is 0.891. The SMILES string of the molecule is COCCc1nncn1C1CCN(S(=O)(=O)c2cccc(C)c2)CC1. The van der Waals surface area contributed by atoms with Crippen LogP contribution in [0.2, 0.25) is 0 Å². The standard InChI is InChI=1S/C17H24N4O3S/c1-14-4-3-5-16(12-14)25(22,23)20-9-6-15(7-10-20)21-13-18-19-17(21)8-11-24-2/h3-5,12-13,15H,6-11H2,1-2H3. The van der Waals surface area contributed by atoms with Crippen molar-refractivity contribution in [2.75, 3.05) is 26.8 Å². The predicted octanol–water partition coefficient (Wildman–Crippen LogP) is 1.80. The lowest BCUT2D eigenvalue weighted by Crippen LogP contribution is -2.39. The second kappa shape index (κ2) is 7.63. The molecule has 1 aliphatic heterocycles. The highest BCUT2D eigenvalue weighted by molar-refractivity contribution is 7.89. The van der Waals surface area contributed by atoms with E-state index in [0.29, 0.717) is 31.0 Å². The number of rotatable bonds is 6. The lowest BCUT2D eigenvalue weighted by molar-refractivity contribution is 0.197. The smallest absolute Gasteiger partial charge is 0.243 e. The van der Waals surface area contributed by atoms with E-state index in [2.05, 4.69) is 14.8 Å². The molecule has 2 heterocycles. The molecule has 0 atom stereocenters. The fourth-order valence-electron chi connectivity index (χ4n) is 3.23. The normalized spacial score (nSPS) is 17.0. The van der Waals surface area contributed by atoms with Crippen molar-refractivity contribution in [2.45, 2.75) is 37.1 Å². The van der Waals surface area contributed by atoms with E-state index in [-0.39, 0.29) is 6.04 Å². The Kier molecular flexibility index (Phi) is 5.51. The molecule has 3 rings (SSSR count). The summed E-state index contributed by atoms with van der Waals surface area (Å²) in [6, 6.07) is 7.31. The van der Waals surface area contributed by atoms with E-state index >= 15 is 0 Å². The Balaban J connectivity index is 1.69. The number of sulfonamides is 1. The first-order valence-corrected chi connectivity index (χ1v) is 9.90. The Morgan fingerprint density at radius 3 is 2.72 bits per heavy atom. The summed E-state index contributed by atoms with van der Waals surface area (Å²) < 4.78 is 34.4. The molecule has 1 fully saturated rings. The quantitative estimate of drug-likeness (QED) is 0.781. The molecule has 25 heavy (non-hydrogen) atoms. The van der Waals surface area contributed by atoms with E-state index in [9.17, 15) is 8.42 Å². The highest BCUT2D eigenvalue weighted by atomic mass is 32.2. The van der Waals surface area contributed by atoms with Crippen LogP contribution in [-0.4, -0.2) is 54.3 Å². The lowest BCUT2D eigenvalue weighted by atomic mass is 10.1. The predicted molar refractivity (Wildman–Crippen MR) is 93.8 cm³/mol. The third-order valence-electron chi connectivity index (χ3n) is 4.62. The molecular formula is C17H24N4O3S. The zero-order chi connectivity index (χ0) is 17.9. The molecule has 0 radical (unpaired) electrons. The van der Waals surface area contributed by atoms with Crippen molar-refractivity contribution in [3.63, 3.8) is 0 Å². The van der Waals surface area contributed by atoms with E-state index in [0.717, 1.165) is 24.2 Å². The van der Waals surface area contributed by atoms with Gasteiger partial charge in [-0.3, -0.25) is 0 Å². The van der Waals surface area contributed by atoms with Crippen LogP contribution in [0.25, 0.3) is 0 Å². The van der Waals surface area contributed by atoms with Crippen molar-refractivity contribution in [2.24, 2.45) is 0 Å². The molecule has 0 spiro atoms. The van der Waals surface area contributed by atoms with Gasteiger partial charge in [-0.25, -0.2) is 8.42 Å². The first-order valence-electron chi connectivity index (χ1n) is 8.46. The van der Waals surface area contributed by atoms with Crippen LogP contribution in [0, 0.1) is 6.92 Å². The molecular weight excluding hydrogens is 340 g/mol. The average molecular weight is 364 g/mol. The number of aromatic nitrogens is 3. The molecule has 1 aromatic heterocycles. The van der Waals surface area contributed by atoms with Gasteiger partial charge in [-0.15, -0.1) is 10.2 Å². The molecule has 0 aliphatic carbocycles. The molecule has 0 unspecified atom stereocenters. The number of hydrogen-bond donors (Lipinski definition) is 0. The molecule has 1 aliphatic rings. The van der Waals surface area contributed by atoms with Gasteiger partial charge in [0.25, 0.3) is 0 Å². The summed E-state index contributed by atoms with van der Waals surface area (Å²) in [5.41, 5.74) is 0.947. The summed E-state index contributed by atoms with van der Waals surface area (Å²) in [6.07, 6.45) is 3.95. The minimum atomic E-state index is -3.43. The number of hydrogen-bond acceptors (Lipinski definition) is 5. The molecule has 2 aromatic rings. The van der Waals surface area contributed by atoms with Crippen molar-refractivity contribution in [3.05, 3.63) is 42.0 Å². The maximum absolute atomic E-state index is 12.8. The van der Waals surface area contributed by atoms with Crippen LogP contribution in [0.5, 0.6) is 0 Å². The van der Waals surface area contributed by atoms with Gasteiger partial charge in [0.05, 0.1) is 11.5 Å². The van der Waals surface area contributed by atoms with Gasteiger partial charge in [-0.1, -0.05) is 12.1 Å². The number of aryl methyl sites for hydroxylation is 1. The van der Waals surface area contributed by atoms with Crippen LogP contribution < -0.4 is 0 Å². The van der Waals surface area contributed by atoms with Crippen molar-refractivity contribution in [1.29, 1.82) is 0 Å². The average Bonchev–Trinajstić information content (AvgIpc) is 3.08. The monoisotopic (exact) mass is 364 g/mol. The van der Waals surface area contributed by atoms with Crippen LogP contribution in [0.15, 0.2) is 35.5 Å². The Morgan fingerprint density at radius 2 is 2.04 bits per heavy atom. The maximum atomic E-state index is 12.8. The van der Waals surface area contributed by atoms with Crippen LogP contribution in [0.3, 0.4) is 0 Å². The zero-order valence-corrected chi connectivity index (χ0v) is 15.4. The number of nitrogens with zero attached hydrogens (tertiary/aromatic N) is 4. The summed E-state index contributed by atoms with van der Waals surface area (Å²) >= 11 is 0. The van der Waals surface area contributed by atoms with Gasteiger partial charge in [-0.2, -0.15) is 4.31 Å². The van der Waals surface area contributed by atoms with Crippen LogP contribution in [-0.2, 0) is 21.2 Å². The Hall–Kier alpha value is -1.77. The second-order valence-corrected chi connectivity index (χ2v) is 8.29. The lowest BCUT2D eigenvalue weighted by Gasteiger charge is -2.32. The van der Waals surface area contributed by atoms with Crippen molar-refractivity contribution < 1.29 is 13.2 Å². The summed E-state index contributed by atoms with van der Waals surface area (Å²) in [7, 11) is -1.77. The molecule has 1 saturated heterocycles. The number of benzene rings is 1. The number of methoxy groups -OCH3 is 1. The number of piperidine rings is 1. The molecule has 8 heteroatoms. The van der Waals surface area contributed by atoms with E-state index in [4.69, 9.17) is 4.74 Å². The molecule has 7 nitrogen and oxygen atoms in total. The van der Waals surface area contributed by atoms with E-state index in [1.165, 1.54) is 0 Å². The molecule has 136 valence electrons. The zero-order valence-electron chi connectivity index (χ0n) is 14.6. The fourth-order valence-corrected chi connectivity index (χ4v) is 4.80. The van der Waals surface area contributed by atoms with Gasteiger partial charge < -0.3 is 9.30 Å². The topological polar surface area (TPSA) is 77.3 Å². The van der Waals surface area contributed by atoms with Gasteiger partial charge >= 0.3 is 0 Å². The Morgan fingerprint density at radius 1 is 1.28 bits per heavy atom. The third-order valence-corrected chi connectivity index (χ3v) is 6.52. The minimum Gasteiger partial charge on any atom is -0.384 e. The second-order valence-electron chi connectivity index (χ2n) is 6.35. The largest absolute Gasteiger partial charge is 0.384 e. The maximum Gasteiger partial charge on any atom is 0.243 e. The molecule has 0 N–H and O–H groups in total. The van der Waals surface area contributed by atoms with E-state index in [1.807, 2.05) is 13.0 Å². The third kappa shape index (κ3) is 3.91. The Labute approximate surface area is 148 Å². The fraction of sp³-hybridized carbons (Fsp3) is 0.529. The molecule has 0 amide bonds. The number of ether oxygens (including phenoxy) is 1. The van der Waals surface area contributed by atoms with Crippen LogP contribution >= 0.6 is 0 Å². The minimum absolute atomic E-state index is 0.228. The first-order chi connectivity index (χ1) is 12.0. The van der Waals surface area contributed by atoms with Gasteiger partial charge in [0, 0.05) is 32.7 Å². The van der Waals surface area contributed by atoms with Crippen molar-refractivity contribution >= 4 is 10.0 Å². The van der Waals surface area contributed by atoms with Gasteiger partial charge in [0.15, 0.2) is 0 Å². The highest BCUT2D eigenvalue weighted by Crippen LogP contribution is 2.27. The van der Waals surface area contributed by atoms with Crippen molar-refractivity contribution in [1.82, 2.24) is 19.1 Å². The summed E-state index contributed by atoms with van der Waals surface area (Å²) in [6.45, 7) is 3.50. The van der Waals surface area contributed by atoms with Crippen molar-refractivity contribution in [3.8, 4) is 0 Å². The molecule has 1 aromatic carbocycles. The summed E-state index contributed by atoms with van der Waals surface area (Å²) in [4.78, 5) is 0.371. The molecule has 0 saturated carbocycles. The Bertz CT molecular complexity index is 811. The van der Waals surface area contributed by atoms with Gasteiger partial charge in [-0.05, 0) is 37.5 Å². The van der Waals surface area contributed by atoms with E-state index in [1.54, 1.807) is 35.9 Å². The van der Waals surface area contributed by atoms with E-state index < -0.39 is 10.0 Å². The van der Waals surface area contributed by atoms with Gasteiger partial charge in [0.1, 0.15) is 12.2 Å². The highest BCUT2D eigenvalue weighted by Gasteiger charge is 2.30. The van der Waals surface area contributed by atoms with Gasteiger partial charge in [0.2, 0.25) is 10.0 Å². The molecule has 0 bridgehead atoms. The van der Waals surface area contributed by atoms with Crippen LogP contribution in [0.1, 0.15) is 30.3 Å². The summed E-state index contributed by atoms with van der Waals surface area (Å²) in [5, 5.41) is 8.16. The van der Waals surface area contributed by atoms with Crippen LogP contribution in [0.4, 0.5) is 0 Å². The first kappa shape index (κ1) is 18.0.